The summed E-state index contributed by atoms with van der Waals surface area (Å²) in [6, 6.07) is 14.9. The number of rotatable bonds is 8. The number of nitrogens with one attached hydrogen (secondary N) is 3. The zero-order valence-electron chi connectivity index (χ0n) is 15.4. The minimum Gasteiger partial charge on any atom is -0.324 e. The Bertz CT molecular complexity index is 989. The number of carbonyl (C=O) groups excluding carboxylic acids is 1. The number of H-pyrrole nitrogens is 1. The lowest BCUT2D eigenvalue weighted by atomic mass is 10.1. The van der Waals surface area contributed by atoms with Crippen molar-refractivity contribution in [3.8, 4) is 0 Å². The van der Waals surface area contributed by atoms with Gasteiger partial charge in [0.1, 0.15) is 0 Å². The SMILES string of the molecule is C/C(=N/Nc1nc(SCCC(=O)Nc2c(Cl)cccc2Cl)n[nH]1)c1ccccc1. The Hall–Kier alpha value is -2.55. The van der Waals surface area contributed by atoms with Crippen molar-refractivity contribution in [2.75, 3.05) is 16.5 Å². The van der Waals surface area contributed by atoms with Gasteiger partial charge in [-0.15, -0.1) is 5.10 Å². The van der Waals surface area contributed by atoms with Crippen molar-refractivity contribution in [2.24, 2.45) is 5.10 Å². The first-order chi connectivity index (χ1) is 14.0. The van der Waals surface area contributed by atoms with Crippen LogP contribution >= 0.6 is 35.0 Å². The molecule has 0 radical (unpaired) electrons. The van der Waals surface area contributed by atoms with Crippen LogP contribution in [0.15, 0.2) is 58.8 Å². The number of aromatic amines is 1. The normalized spacial score (nSPS) is 11.3. The summed E-state index contributed by atoms with van der Waals surface area (Å²) in [5.74, 6) is 0.733. The summed E-state index contributed by atoms with van der Waals surface area (Å²) < 4.78 is 0. The van der Waals surface area contributed by atoms with Crippen molar-refractivity contribution in [1.29, 1.82) is 0 Å². The van der Waals surface area contributed by atoms with Gasteiger partial charge in [-0.1, -0.05) is 71.4 Å². The molecule has 1 aromatic heterocycles. The number of aromatic nitrogens is 3. The fourth-order valence-electron chi connectivity index (χ4n) is 2.30. The van der Waals surface area contributed by atoms with Crippen molar-refractivity contribution >= 4 is 58.2 Å². The monoisotopic (exact) mass is 448 g/mol. The van der Waals surface area contributed by atoms with E-state index in [1.165, 1.54) is 11.8 Å². The van der Waals surface area contributed by atoms with Crippen molar-refractivity contribution < 1.29 is 4.79 Å². The largest absolute Gasteiger partial charge is 0.324 e. The van der Waals surface area contributed by atoms with Crippen molar-refractivity contribution in [3.63, 3.8) is 0 Å². The third kappa shape index (κ3) is 6.22. The predicted molar refractivity (Wildman–Crippen MR) is 119 cm³/mol. The molecule has 0 fully saturated rings. The Kier molecular flexibility index (Phi) is 7.51. The highest BCUT2D eigenvalue weighted by atomic mass is 35.5. The van der Waals surface area contributed by atoms with Gasteiger partial charge in [0.2, 0.25) is 17.0 Å². The molecule has 29 heavy (non-hydrogen) atoms. The van der Waals surface area contributed by atoms with Crippen LogP contribution in [0.1, 0.15) is 18.9 Å². The average Bonchev–Trinajstić information content (AvgIpc) is 3.17. The average molecular weight is 449 g/mol. The van der Waals surface area contributed by atoms with Crippen LogP contribution in [-0.4, -0.2) is 32.6 Å². The summed E-state index contributed by atoms with van der Waals surface area (Å²) in [7, 11) is 0. The Morgan fingerprint density at radius 1 is 1.14 bits per heavy atom. The molecule has 0 saturated carbocycles. The van der Waals surface area contributed by atoms with Gasteiger partial charge in [-0.3, -0.25) is 4.79 Å². The van der Waals surface area contributed by atoms with E-state index < -0.39 is 0 Å². The molecule has 0 aliphatic carbocycles. The van der Waals surface area contributed by atoms with Crippen LogP contribution < -0.4 is 10.7 Å². The number of thioether (sulfide) groups is 1. The Balaban J connectivity index is 1.46. The van der Waals surface area contributed by atoms with Crippen LogP contribution in [-0.2, 0) is 4.79 Å². The molecule has 3 aromatic rings. The number of para-hydroxylation sites is 1. The maximum absolute atomic E-state index is 12.1. The summed E-state index contributed by atoms with van der Waals surface area (Å²) in [6.45, 7) is 1.90. The molecular weight excluding hydrogens is 431 g/mol. The van der Waals surface area contributed by atoms with Gasteiger partial charge < -0.3 is 5.32 Å². The number of halogens is 2. The minimum atomic E-state index is -0.190. The zero-order valence-corrected chi connectivity index (χ0v) is 17.8. The Morgan fingerprint density at radius 2 is 1.86 bits per heavy atom. The number of nitrogens with zero attached hydrogens (tertiary/aromatic N) is 3. The molecule has 3 N–H and O–H groups in total. The van der Waals surface area contributed by atoms with E-state index >= 15 is 0 Å². The predicted octanol–water partition coefficient (Wildman–Crippen LogP) is 5.07. The summed E-state index contributed by atoms with van der Waals surface area (Å²) in [5.41, 5.74) is 5.10. The standard InChI is InChI=1S/C19H18Cl2N6OS/c1-12(13-6-3-2-4-7-13)24-25-18-23-19(27-26-18)29-11-10-16(28)22-17-14(20)8-5-9-15(17)21/h2-9H,10-11H2,1H3,(H,22,28)(H2,23,25,26,27)/b24-12-. The molecular formula is C19H18Cl2N6OS. The minimum absolute atomic E-state index is 0.190. The second kappa shape index (κ2) is 10.3. The van der Waals surface area contributed by atoms with E-state index in [9.17, 15) is 4.79 Å². The molecule has 3 rings (SSSR count). The number of hydrogen-bond donors (Lipinski definition) is 3. The topological polar surface area (TPSA) is 95.1 Å². The second-order valence-corrected chi connectivity index (χ2v) is 7.76. The highest BCUT2D eigenvalue weighted by Gasteiger charge is 2.10. The molecule has 0 aliphatic heterocycles. The molecule has 1 amide bonds. The lowest BCUT2D eigenvalue weighted by molar-refractivity contribution is -0.115. The van der Waals surface area contributed by atoms with Gasteiger partial charge in [-0.05, 0) is 24.6 Å². The van der Waals surface area contributed by atoms with Gasteiger partial charge in [0.15, 0.2) is 0 Å². The quantitative estimate of drug-likeness (QED) is 0.254. The van der Waals surface area contributed by atoms with E-state index in [1.807, 2.05) is 37.3 Å². The molecule has 0 saturated heterocycles. The zero-order chi connectivity index (χ0) is 20.6. The highest BCUT2D eigenvalue weighted by Crippen LogP contribution is 2.30. The summed E-state index contributed by atoms with van der Waals surface area (Å²) >= 11 is 13.5. The lowest BCUT2D eigenvalue weighted by Gasteiger charge is -2.08. The molecule has 0 spiro atoms. The van der Waals surface area contributed by atoms with Crippen LogP contribution in [0.3, 0.4) is 0 Å². The van der Waals surface area contributed by atoms with Crippen molar-refractivity contribution in [3.05, 3.63) is 64.1 Å². The maximum Gasteiger partial charge on any atom is 0.240 e. The van der Waals surface area contributed by atoms with E-state index in [0.717, 1.165) is 11.3 Å². The highest BCUT2D eigenvalue weighted by molar-refractivity contribution is 7.99. The van der Waals surface area contributed by atoms with Crippen molar-refractivity contribution in [2.45, 2.75) is 18.5 Å². The molecule has 0 unspecified atom stereocenters. The molecule has 2 aromatic carbocycles. The van der Waals surface area contributed by atoms with Crippen molar-refractivity contribution in [1.82, 2.24) is 15.2 Å². The second-order valence-electron chi connectivity index (χ2n) is 5.88. The van der Waals surface area contributed by atoms with Crippen LogP contribution in [0.5, 0.6) is 0 Å². The van der Waals surface area contributed by atoms with Gasteiger partial charge in [0.05, 0.1) is 21.4 Å². The summed E-state index contributed by atoms with van der Waals surface area (Å²) in [6.07, 6.45) is 0.259. The van der Waals surface area contributed by atoms with Crippen LogP contribution in [0.4, 0.5) is 11.6 Å². The Morgan fingerprint density at radius 3 is 2.59 bits per heavy atom. The van der Waals surface area contributed by atoms with E-state index in [4.69, 9.17) is 23.2 Å². The molecule has 7 nitrogen and oxygen atoms in total. The molecule has 0 aliphatic rings. The summed E-state index contributed by atoms with van der Waals surface area (Å²) in [5, 5.41) is 15.2. The fraction of sp³-hybridized carbons (Fsp3) is 0.158. The molecule has 0 atom stereocenters. The first-order valence-electron chi connectivity index (χ1n) is 8.67. The smallest absolute Gasteiger partial charge is 0.240 e. The third-order valence-electron chi connectivity index (χ3n) is 3.77. The van der Waals surface area contributed by atoms with Gasteiger partial charge in [0.25, 0.3) is 0 Å². The third-order valence-corrected chi connectivity index (χ3v) is 5.25. The van der Waals surface area contributed by atoms with Crippen LogP contribution in [0.2, 0.25) is 10.0 Å². The fourth-order valence-corrected chi connectivity index (χ4v) is 3.52. The van der Waals surface area contributed by atoms with Crippen LogP contribution in [0.25, 0.3) is 0 Å². The number of amides is 1. The van der Waals surface area contributed by atoms with Gasteiger partial charge in [-0.2, -0.15) is 10.1 Å². The summed E-state index contributed by atoms with van der Waals surface area (Å²) in [4.78, 5) is 16.4. The van der Waals surface area contributed by atoms with E-state index in [-0.39, 0.29) is 12.3 Å². The number of hydrazone groups is 1. The number of anilines is 2. The molecule has 0 bridgehead atoms. The first-order valence-corrected chi connectivity index (χ1v) is 10.4. The molecule has 150 valence electrons. The van der Waals surface area contributed by atoms with E-state index in [1.54, 1.807) is 18.2 Å². The first kappa shape index (κ1) is 21.2. The Labute approximate surface area is 182 Å². The van der Waals surface area contributed by atoms with Gasteiger partial charge in [-0.25, -0.2) is 10.5 Å². The number of benzene rings is 2. The maximum atomic E-state index is 12.1. The number of carbonyl (C=O) groups is 1. The molecule has 1 heterocycles. The number of hydrogen-bond acceptors (Lipinski definition) is 6. The van der Waals surface area contributed by atoms with E-state index in [2.05, 4.69) is 31.0 Å². The van der Waals surface area contributed by atoms with E-state index in [0.29, 0.717) is 32.6 Å². The van der Waals surface area contributed by atoms with Crippen LogP contribution in [0, 0.1) is 0 Å². The van der Waals surface area contributed by atoms with Gasteiger partial charge >= 0.3 is 0 Å². The lowest BCUT2D eigenvalue weighted by Crippen LogP contribution is -2.12. The molecule has 10 heteroatoms. The van der Waals surface area contributed by atoms with Gasteiger partial charge in [0, 0.05) is 12.2 Å².